The number of rotatable bonds is 9. The summed E-state index contributed by atoms with van der Waals surface area (Å²) in [5, 5.41) is 2.89. The Balaban J connectivity index is 2.25. The third-order valence-electron chi connectivity index (χ3n) is 4.54. The molecular formula is C21H28N2O3S. The van der Waals surface area contributed by atoms with Crippen LogP contribution in [0.1, 0.15) is 45.1 Å². The van der Waals surface area contributed by atoms with Gasteiger partial charge in [-0.25, -0.2) is 8.42 Å². The highest BCUT2D eigenvalue weighted by atomic mass is 32.2. The predicted octanol–water partition coefficient (Wildman–Crippen LogP) is 4.24. The molecule has 6 heteroatoms. The summed E-state index contributed by atoms with van der Waals surface area (Å²) in [6.45, 7) is 6.47. The van der Waals surface area contributed by atoms with Gasteiger partial charge in [0.05, 0.1) is 10.8 Å². The first-order valence-corrected chi connectivity index (χ1v) is 10.8. The van der Waals surface area contributed by atoms with Crippen LogP contribution in [0.3, 0.4) is 0 Å². The minimum Gasteiger partial charge on any atom is -0.326 e. The van der Waals surface area contributed by atoms with Crippen molar-refractivity contribution >= 4 is 21.6 Å². The zero-order chi connectivity index (χ0) is 19.9. The Morgan fingerprint density at radius 2 is 1.67 bits per heavy atom. The highest BCUT2D eigenvalue weighted by molar-refractivity contribution is 7.89. The second-order valence-corrected chi connectivity index (χ2v) is 8.30. The lowest BCUT2D eigenvalue weighted by Crippen LogP contribution is -2.30. The number of benzene rings is 2. The van der Waals surface area contributed by atoms with Gasteiger partial charge >= 0.3 is 0 Å². The van der Waals surface area contributed by atoms with Crippen molar-refractivity contribution in [3.05, 3.63) is 60.2 Å². The fourth-order valence-electron chi connectivity index (χ4n) is 3.10. The van der Waals surface area contributed by atoms with Gasteiger partial charge in [-0.15, -0.1) is 0 Å². The molecule has 0 aliphatic heterocycles. The number of amides is 1. The van der Waals surface area contributed by atoms with Crippen molar-refractivity contribution in [2.45, 2.75) is 44.4 Å². The Bertz CT molecular complexity index is 847. The quantitative estimate of drug-likeness (QED) is 0.699. The summed E-state index contributed by atoms with van der Waals surface area (Å²) in [6, 6.07) is 16.1. The second kappa shape index (κ2) is 9.67. The molecular weight excluding hydrogens is 360 g/mol. The van der Waals surface area contributed by atoms with Crippen LogP contribution in [0.5, 0.6) is 0 Å². The van der Waals surface area contributed by atoms with Crippen LogP contribution in [-0.2, 0) is 14.8 Å². The Morgan fingerprint density at radius 3 is 2.26 bits per heavy atom. The first-order chi connectivity index (χ1) is 12.9. The Hall–Kier alpha value is -2.18. The van der Waals surface area contributed by atoms with Gasteiger partial charge in [0.15, 0.2) is 0 Å². The Morgan fingerprint density at radius 1 is 1.00 bits per heavy atom. The van der Waals surface area contributed by atoms with Gasteiger partial charge in [-0.05, 0) is 30.2 Å². The fraction of sp³-hybridized carbons (Fsp3) is 0.381. The van der Waals surface area contributed by atoms with Crippen LogP contribution in [0.4, 0.5) is 5.69 Å². The molecule has 2 rings (SSSR count). The summed E-state index contributed by atoms with van der Waals surface area (Å²) < 4.78 is 26.8. The van der Waals surface area contributed by atoms with Crippen molar-refractivity contribution in [3.63, 3.8) is 0 Å². The van der Waals surface area contributed by atoms with Crippen molar-refractivity contribution in [1.29, 1.82) is 0 Å². The molecule has 0 spiro atoms. The second-order valence-electron chi connectivity index (χ2n) is 6.36. The Labute approximate surface area is 162 Å². The van der Waals surface area contributed by atoms with E-state index >= 15 is 0 Å². The van der Waals surface area contributed by atoms with Crippen molar-refractivity contribution in [2.75, 3.05) is 18.4 Å². The summed E-state index contributed by atoms with van der Waals surface area (Å²) in [7, 11) is -3.56. The zero-order valence-electron chi connectivity index (χ0n) is 16.2. The van der Waals surface area contributed by atoms with E-state index in [9.17, 15) is 13.2 Å². The van der Waals surface area contributed by atoms with E-state index in [1.807, 2.05) is 51.1 Å². The molecule has 2 aromatic rings. The number of anilines is 1. The van der Waals surface area contributed by atoms with Crippen LogP contribution < -0.4 is 5.32 Å². The van der Waals surface area contributed by atoms with E-state index in [1.165, 1.54) is 10.4 Å². The van der Waals surface area contributed by atoms with Gasteiger partial charge in [-0.2, -0.15) is 4.31 Å². The van der Waals surface area contributed by atoms with Crippen molar-refractivity contribution < 1.29 is 13.2 Å². The molecule has 5 nitrogen and oxygen atoms in total. The minimum absolute atomic E-state index is 0.125. The molecule has 27 heavy (non-hydrogen) atoms. The van der Waals surface area contributed by atoms with Gasteiger partial charge in [0.25, 0.3) is 0 Å². The molecule has 1 atom stereocenters. The lowest BCUT2D eigenvalue weighted by molar-refractivity contribution is -0.117. The highest BCUT2D eigenvalue weighted by Crippen LogP contribution is 2.25. The number of carbonyl (C=O) groups is 1. The van der Waals surface area contributed by atoms with Crippen molar-refractivity contribution in [1.82, 2.24) is 4.31 Å². The standard InChI is InChI=1S/C21H28N2O3S/c1-4-11-20(17-12-8-7-9-13-17)21(24)22-18-14-10-15-19(16-18)27(25,26)23(5-2)6-3/h7-10,12-16,20H,4-6,11H2,1-3H3,(H,22,24)/t20-/m0/s1. The maximum atomic E-state index is 12.8. The van der Waals surface area contributed by atoms with Gasteiger partial charge in [0, 0.05) is 18.8 Å². The van der Waals surface area contributed by atoms with E-state index in [2.05, 4.69) is 5.32 Å². The molecule has 0 saturated carbocycles. The first kappa shape index (κ1) is 21.1. The van der Waals surface area contributed by atoms with Crippen LogP contribution in [-0.4, -0.2) is 31.7 Å². The van der Waals surface area contributed by atoms with E-state index in [4.69, 9.17) is 0 Å². The summed E-state index contributed by atoms with van der Waals surface area (Å²) in [5.74, 6) is -0.389. The summed E-state index contributed by atoms with van der Waals surface area (Å²) in [4.78, 5) is 13.0. The third kappa shape index (κ3) is 5.17. The lowest BCUT2D eigenvalue weighted by atomic mass is 9.93. The molecule has 1 N–H and O–H groups in total. The summed E-state index contributed by atoms with van der Waals surface area (Å²) >= 11 is 0. The van der Waals surface area contributed by atoms with Crippen molar-refractivity contribution in [2.24, 2.45) is 0 Å². The van der Waals surface area contributed by atoms with Crippen molar-refractivity contribution in [3.8, 4) is 0 Å². The van der Waals surface area contributed by atoms with E-state index in [0.717, 1.165) is 18.4 Å². The lowest BCUT2D eigenvalue weighted by Gasteiger charge is -2.20. The molecule has 0 radical (unpaired) electrons. The monoisotopic (exact) mass is 388 g/mol. The fourth-order valence-corrected chi connectivity index (χ4v) is 4.60. The third-order valence-corrected chi connectivity index (χ3v) is 6.59. The topological polar surface area (TPSA) is 66.5 Å². The molecule has 0 heterocycles. The molecule has 0 aliphatic rings. The summed E-state index contributed by atoms with van der Waals surface area (Å²) in [5.41, 5.74) is 1.45. The zero-order valence-corrected chi connectivity index (χ0v) is 17.0. The number of hydrogen-bond donors (Lipinski definition) is 1. The van der Waals surface area contributed by atoms with E-state index in [-0.39, 0.29) is 16.7 Å². The van der Waals surface area contributed by atoms with E-state index in [1.54, 1.807) is 18.2 Å². The van der Waals surface area contributed by atoms with Gasteiger partial charge in [0.1, 0.15) is 0 Å². The molecule has 0 saturated heterocycles. The largest absolute Gasteiger partial charge is 0.326 e. The van der Waals surface area contributed by atoms with Gasteiger partial charge in [-0.3, -0.25) is 4.79 Å². The van der Waals surface area contributed by atoms with Crippen LogP contribution in [0.15, 0.2) is 59.5 Å². The number of sulfonamides is 1. The average Bonchev–Trinajstić information content (AvgIpc) is 2.67. The molecule has 0 unspecified atom stereocenters. The minimum atomic E-state index is -3.56. The number of hydrogen-bond acceptors (Lipinski definition) is 3. The summed E-state index contributed by atoms with van der Waals surface area (Å²) in [6.07, 6.45) is 1.61. The van der Waals surface area contributed by atoms with Gasteiger partial charge < -0.3 is 5.32 Å². The number of nitrogens with one attached hydrogen (secondary N) is 1. The normalized spacial score (nSPS) is 12.7. The SMILES string of the molecule is CCC[C@H](C(=O)Nc1cccc(S(=O)(=O)N(CC)CC)c1)c1ccccc1. The van der Waals surface area contributed by atoms with E-state index in [0.29, 0.717) is 18.8 Å². The van der Waals surface area contributed by atoms with Gasteiger partial charge in [0.2, 0.25) is 15.9 Å². The number of carbonyl (C=O) groups excluding carboxylic acids is 1. The smallest absolute Gasteiger partial charge is 0.243 e. The van der Waals surface area contributed by atoms with Crippen LogP contribution in [0.2, 0.25) is 0 Å². The molecule has 0 aromatic heterocycles. The molecule has 2 aromatic carbocycles. The average molecular weight is 389 g/mol. The Kier molecular flexibility index (Phi) is 7.56. The molecule has 146 valence electrons. The number of nitrogens with zero attached hydrogens (tertiary/aromatic N) is 1. The molecule has 0 aliphatic carbocycles. The van der Waals surface area contributed by atoms with Crippen LogP contribution in [0.25, 0.3) is 0 Å². The molecule has 0 fully saturated rings. The maximum absolute atomic E-state index is 12.8. The molecule has 0 bridgehead atoms. The van der Waals surface area contributed by atoms with Gasteiger partial charge in [-0.1, -0.05) is 63.6 Å². The molecule has 1 amide bonds. The highest BCUT2D eigenvalue weighted by Gasteiger charge is 2.23. The van der Waals surface area contributed by atoms with Crippen LogP contribution in [0, 0.1) is 0 Å². The predicted molar refractivity (Wildman–Crippen MR) is 109 cm³/mol. The van der Waals surface area contributed by atoms with Crippen LogP contribution >= 0.6 is 0 Å². The van der Waals surface area contributed by atoms with E-state index < -0.39 is 10.0 Å². The first-order valence-electron chi connectivity index (χ1n) is 9.40. The maximum Gasteiger partial charge on any atom is 0.243 e.